The maximum absolute atomic E-state index is 11.7. The summed E-state index contributed by atoms with van der Waals surface area (Å²) in [6.07, 6.45) is 10.5. The Morgan fingerprint density at radius 2 is 1.94 bits per heavy atom. The van der Waals surface area contributed by atoms with Crippen LogP contribution in [0.25, 0.3) is 0 Å². The van der Waals surface area contributed by atoms with Crippen molar-refractivity contribution in [3.8, 4) is 0 Å². The number of pyridine rings is 2. The smallest absolute Gasteiger partial charge is 0.303 e. The normalized spacial score (nSPS) is 20.3. The average molecular weight is 441 g/mol. The maximum Gasteiger partial charge on any atom is 0.303 e. The SMILES string of the molecule is Cc1ccn(C2CC(C)NC2=O)c(=O)c1.O=C(O)CCc1cncc(N2CCCCC2)c1. The second-order valence-electron chi connectivity index (χ2n) is 8.60. The monoisotopic (exact) mass is 440 g/mol. The van der Waals surface area contributed by atoms with Crippen molar-refractivity contribution in [1.82, 2.24) is 14.9 Å². The Bertz CT molecular complexity index is 997. The molecule has 0 aromatic carbocycles. The molecule has 2 fully saturated rings. The first-order valence-electron chi connectivity index (χ1n) is 11.2. The number of carbonyl (C=O) groups excluding carboxylic acids is 1. The summed E-state index contributed by atoms with van der Waals surface area (Å²) in [7, 11) is 0. The van der Waals surface area contributed by atoms with Crippen LogP contribution in [0.5, 0.6) is 0 Å². The van der Waals surface area contributed by atoms with Crippen molar-refractivity contribution in [2.24, 2.45) is 0 Å². The maximum atomic E-state index is 11.7. The minimum Gasteiger partial charge on any atom is -0.481 e. The number of carboxylic acids is 1. The van der Waals surface area contributed by atoms with Gasteiger partial charge in [0, 0.05) is 44.0 Å². The van der Waals surface area contributed by atoms with E-state index in [4.69, 9.17) is 5.11 Å². The number of nitrogens with one attached hydrogen (secondary N) is 1. The molecular weight excluding hydrogens is 408 g/mol. The number of hydrogen-bond donors (Lipinski definition) is 2. The van der Waals surface area contributed by atoms with Gasteiger partial charge in [0.15, 0.2) is 0 Å². The molecule has 1 amide bonds. The Morgan fingerprint density at radius 1 is 1.19 bits per heavy atom. The quantitative estimate of drug-likeness (QED) is 0.741. The molecule has 172 valence electrons. The van der Waals surface area contributed by atoms with E-state index in [1.54, 1.807) is 18.5 Å². The second-order valence-corrected chi connectivity index (χ2v) is 8.60. The predicted molar refractivity (Wildman–Crippen MR) is 123 cm³/mol. The molecule has 2 aliphatic rings. The van der Waals surface area contributed by atoms with Crippen molar-refractivity contribution in [3.05, 3.63) is 58.3 Å². The molecule has 2 N–H and O–H groups in total. The summed E-state index contributed by atoms with van der Waals surface area (Å²) in [5, 5.41) is 11.5. The van der Waals surface area contributed by atoms with Gasteiger partial charge in [0.2, 0.25) is 5.91 Å². The number of rotatable bonds is 5. The van der Waals surface area contributed by atoms with E-state index in [9.17, 15) is 14.4 Å². The zero-order chi connectivity index (χ0) is 23.1. The highest BCUT2D eigenvalue weighted by atomic mass is 16.4. The first kappa shape index (κ1) is 23.5. The first-order valence-corrected chi connectivity index (χ1v) is 11.2. The minimum absolute atomic E-state index is 0.0616. The number of hydrogen-bond acceptors (Lipinski definition) is 5. The molecule has 0 aliphatic carbocycles. The van der Waals surface area contributed by atoms with Crippen molar-refractivity contribution in [2.45, 2.75) is 64.5 Å². The molecular formula is C24H32N4O4. The Labute approximate surface area is 188 Å². The second kappa shape index (κ2) is 10.9. The summed E-state index contributed by atoms with van der Waals surface area (Å²) < 4.78 is 1.51. The highest BCUT2D eigenvalue weighted by molar-refractivity contribution is 5.82. The van der Waals surface area contributed by atoms with Crippen molar-refractivity contribution >= 4 is 17.6 Å². The number of anilines is 1. The van der Waals surface area contributed by atoms with Gasteiger partial charge in [-0.15, -0.1) is 0 Å². The van der Waals surface area contributed by atoms with Gasteiger partial charge in [-0.2, -0.15) is 0 Å². The molecule has 0 radical (unpaired) electrons. The molecule has 2 saturated heterocycles. The van der Waals surface area contributed by atoms with Crippen LogP contribution in [0.3, 0.4) is 0 Å². The van der Waals surface area contributed by atoms with Crippen molar-refractivity contribution < 1.29 is 14.7 Å². The van der Waals surface area contributed by atoms with Gasteiger partial charge in [-0.05, 0) is 69.2 Å². The lowest BCUT2D eigenvalue weighted by Crippen LogP contribution is -2.30. The van der Waals surface area contributed by atoms with Gasteiger partial charge in [-0.25, -0.2) is 0 Å². The highest BCUT2D eigenvalue weighted by Gasteiger charge is 2.30. The van der Waals surface area contributed by atoms with Crippen LogP contribution in [0, 0.1) is 6.92 Å². The average Bonchev–Trinajstić information content (AvgIpc) is 3.11. The summed E-state index contributed by atoms with van der Waals surface area (Å²) in [4.78, 5) is 40.3. The van der Waals surface area contributed by atoms with E-state index in [1.165, 1.54) is 23.8 Å². The molecule has 4 rings (SSSR count). The standard InChI is InChI=1S/C13H18N2O2.C11H14N2O2/c16-13(17)5-4-11-8-12(10-14-9-11)15-6-2-1-3-7-15;1-7-3-4-13(10(14)5-7)9-6-8(2)12-11(9)15/h8-10H,1-7H2,(H,16,17);3-5,8-9H,6H2,1-2H3,(H,12,15). The van der Waals surface area contributed by atoms with Crippen LogP contribution in [0.2, 0.25) is 0 Å². The van der Waals surface area contributed by atoms with Crippen LogP contribution >= 0.6 is 0 Å². The molecule has 2 atom stereocenters. The van der Waals surface area contributed by atoms with Gasteiger partial charge in [0.05, 0.1) is 11.9 Å². The predicted octanol–water partition coefficient (Wildman–Crippen LogP) is 2.70. The molecule has 0 spiro atoms. The number of carboxylic acid groups (broad SMARTS) is 1. The third-order valence-corrected chi connectivity index (χ3v) is 5.84. The molecule has 32 heavy (non-hydrogen) atoms. The molecule has 2 aromatic heterocycles. The Kier molecular flexibility index (Phi) is 8.03. The largest absolute Gasteiger partial charge is 0.481 e. The van der Waals surface area contributed by atoms with E-state index in [-0.39, 0.29) is 30.0 Å². The number of nitrogens with zero attached hydrogens (tertiary/aromatic N) is 3. The fraction of sp³-hybridized carbons (Fsp3) is 0.500. The zero-order valence-electron chi connectivity index (χ0n) is 18.8. The van der Waals surface area contributed by atoms with E-state index in [2.05, 4.69) is 21.3 Å². The number of amides is 1. The third kappa shape index (κ3) is 6.42. The van der Waals surface area contributed by atoms with Gasteiger partial charge < -0.3 is 19.9 Å². The fourth-order valence-electron chi connectivity index (χ4n) is 4.11. The van der Waals surface area contributed by atoms with E-state index >= 15 is 0 Å². The lowest BCUT2D eigenvalue weighted by Gasteiger charge is -2.28. The van der Waals surface area contributed by atoms with Gasteiger partial charge in [-0.1, -0.05) is 0 Å². The van der Waals surface area contributed by atoms with E-state index in [0.717, 1.165) is 29.9 Å². The number of carbonyl (C=O) groups is 2. The lowest BCUT2D eigenvalue weighted by atomic mass is 10.1. The number of piperidine rings is 1. The van der Waals surface area contributed by atoms with Crippen molar-refractivity contribution in [1.29, 1.82) is 0 Å². The minimum atomic E-state index is -0.756. The van der Waals surface area contributed by atoms with Crippen LogP contribution in [-0.4, -0.2) is 45.7 Å². The summed E-state index contributed by atoms with van der Waals surface area (Å²) in [5.74, 6) is -0.818. The van der Waals surface area contributed by atoms with Crippen molar-refractivity contribution in [3.63, 3.8) is 0 Å². The molecule has 2 aliphatic heterocycles. The number of aromatic nitrogens is 2. The topological polar surface area (TPSA) is 105 Å². The van der Waals surface area contributed by atoms with Gasteiger partial charge in [0.1, 0.15) is 6.04 Å². The Hall–Kier alpha value is -3.16. The van der Waals surface area contributed by atoms with Crippen LogP contribution in [-0.2, 0) is 16.0 Å². The Balaban J connectivity index is 0.000000182. The van der Waals surface area contributed by atoms with Crippen LogP contribution in [0.15, 0.2) is 41.6 Å². The van der Waals surface area contributed by atoms with Crippen LogP contribution in [0.4, 0.5) is 5.69 Å². The fourth-order valence-corrected chi connectivity index (χ4v) is 4.11. The zero-order valence-corrected chi connectivity index (χ0v) is 18.8. The summed E-state index contributed by atoms with van der Waals surface area (Å²) >= 11 is 0. The molecule has 2 aromatic rings. The van der Waals surface area contributed by atoms with E-state index < -0.39 is 5.97 Å². The number of aryl methyl sites for hydroxylation is 2. The summed E-state index contributed by atoms with van der Waals surface area (Å²) in [6.45, 7) is 5.98. The van der Waals surface area contributed by atoms with Crippen LogP contribution < -0.4 is 15.8 Å². The van der Waals surface area contributed by atoms with Crippen LogP contribution in [0.1, 0.15) is 56.2 Å². The van der Waals surface area contributed by atoms with Gasteiger partial charge in [-0.3, -0.25) is 19.4 Å². The molecule has 8 nitrogen and oxygen atoms in total. The van der Waals surface area contributed by atoms with Crippen molar-refractivity contribution in [2.75, 3.05) is 18.0 Å². The molecule has 0 saturated carbocycles. The highest BCUT2D eigenvalue weighted by Crippen LogP contribution is 2.20. The Morgan fingerprint density at radius 3 is 2.56 bits per heavy atom. The third-order valence-electron chi connectivity index (χ3n) is 5.84. The summed E-state index contributed by atoms with van der Waals surface area (Å²) in [5.41, 5.74) is 2.95. The molecule has 0 bridgehead atoms. The van der Waals surface area contributed by atoms with E-state index in [0.29, 0.717) is 12.8 Å². The lowest BCUT2D eigenvalue weighted by molar-refractivity contribution is -0.137. The van der Waals surface area contributed by atoms with Gasteiger partial charge in [0.25, 0.3) is 5.56 Å². The molecule has 8 heteroatoms. The van der Waals surface area contributed by atoms with Gasteiger partial charge >= 0.3 is 5.97 Å². The number of aliphatic carboxylic acids is 1. The first-order chi connectivity index (χ1) is 15.3. The summed E-state index contributed by atoms with van der Waals surface area (Å²) in [6, 6.07) is 5.28. The van der Waals surface area contributed by atoms with E-state index in [1.807, 2.05) is 26.1 Å². The molecule has 2 unspecified atom stereocenters. The molecule has 4 heterocycles.